The lowest BCUT2D eigenvalue weighted by molar-refractivity contribution is 0.285. The van der Waals surface area contributed by atoms with Crippen molar-refractivity contribution in [1.29, 1.82) is 0 Å². The van der Waals surface area contributed by atoms with Crippen molar-refractivity contribution in [3.63, 3.8) is 0 Å². The van der Waals surface area contributed by atoms with Gasteiger partial charge in [-0.2, -0.15) is 0 Å². The Morgan fingerprint density at radius 2 is 1.12 bits per heavy atom. The SMILES string of the molecule is CCCCOc1ncc(-c2ccc(OCCCCCCCCCCC[Si](C)(C)O[Si](C)(C)O[Si](C)(C)C)cc2)cn1. The third-order valence-corrected chi connectivity index (χ3v) is 17.0. The first-order valence-electron chi connectivity index (χ1n) is 16.0. The molecule has 0 atom stereocenters. The molecular formula is C32H58N2O4Si3. The van der Waals surface area contributed by atoms with Crippen LogP contribution in [0.15, 0.2) is 36.7 Å². The highest BCUT2D eigenvalue weighted by atomic mass is 28.5. The second kappa shape index (κ2) is 18.2. The molecule has 0 saturated carbocycles. The van der Waals surface area contributed by atoms with Crippen molar-refractivity contribution < 1.29 is 17.7 Å². The van der Waals surface area contributed by atoms with Crippen molar-refractivity contribution in [2.45, 2.75) is 129 Å². The lowest BCUT2D eigenvalue weighted by Gasteiger charge is -2.37. The third kappa shape index (κ3) is 16.6. The molecule has 0 amide bonds. The number of unbranched alkanes of at least 4 members (excludes halogenated alkanes) is 9. The van der Waals surface area contributed by atoms with Gasteiger partial charge in [-0.05, 0) is 82.4 Å². The van der Waals surface area contributed by atoms with E-state index >= 15 is 0 Å². The zero-order valence-electron chi connectivity index (χ0n) is 27.4. The van der Waals surface area contributed by atoms with Crippen molar-refractivity contribution in [2.75, 3.05) is 13.2 Å². The lowest BCUT2D eigenvalue weighted by atomic mass is 10.1. The van der Waals surface area contributed by atoms with E-state index in [-0.39, 0.29) is 0 Å². The lowest BCUT2D eigenvalue weighted by Crippen LogP contribution is -2.51. The molecule has 6 nitrogen and oxygen atoms in total. The number of nitrogens with zero attached hydrogens (tertiary/aromatic N) is 2. The third-order valence-electron chi connectivity index (χ3n) is 6.81. The highest BCUT2D eigenvalue weighted by Crippen LogP contribution is 2.25. The normalized spacial score (nSPS) is 12.5. The molecule has 0 aliphatic carbocycles. The van der Waals surface area contributed by atoms with Gasteiger partial charge in [0.05, 0.1) is 13.2 Å². The number of hydrogen-bond acceptors (Lipinski definition) is 6. The van der Waals surface area contributed by atoms with E-state index < -0.39 is 25.2 Å². The van der Waals surface area contributed by atoms with Crippen LogP contribution in [-0.4, -0.2) is 48.4 Å². The summed E-state index contributed by atoms with van der Waals surface area (Å²) < 4.78 is 24.5. The van der Waals surface area contributed by atoms with E-state index in [4.69, 9.17) is 17.7 Å². The van der Waals surface area contributed by atoms with Gasteiger partial charge in [0, 0.05) is 18.0 Å². The number of ether oxygens (including phenoxy) is 2. The fourth-order valence-electron chi connectivity index (χ4n) is 5.15. The van der Waals surface area contributed by atoms with Gasteiger partial charge in [0.25, 0.3) is 0 Å². The van der Waals surface area contributed by atoms with Crippen molar-refractivity contribution in [3.8, 4) is 22.9 Å². The summed E-state index contributed by atoms with van der Waals surface area (Å²) in [6.45, 7) is 19.5. The Balaban J connectivity index is 1.49. The van der Waals surface area contributed by atoms with Crippen molar-refractivity contribution in [2.24, 2.45) is 0 Å². The van der Waals surface area contributed by atoms with E-state index in [9.17, 15) is 0 Å². The van der Waals surface area contributed by atoms with E-state index in [2.05, 4.69) is 74.9 Å². The van der Waals surface area contributed by atoms with Crippen LogP contribution in [0.4, 0.5) is 0 Å². The molecule has 0 saturated heterocycles. The molecule has 0 bridgehead atoms. The monoisotopic (exact) mass is 618 g/mol. The maximum atomic E-state index is 6.63. The van der Waals surface area contributed by atoms with Gasteiger partial charge in [0.1, 0.15) is 5.75 Å². The maximum Gasteiger partial charge on any atom is 0.316 e. The second-order valence-electron chi connectivity index (χ2n) is 13.2. The van der Waals surface area contributed by atoms with E-state index in [0.717, 1.165) is 42.7 Å². The zero-order chi connectivity index (χ0) is 30.2. The Bertz CT molecular complexity index is 964. The van der Waals surface area contributed by atoms with Crippen molar-refractivity contribution >= 4 is 25.2 Å². The Kier molecular flexibility index (Phi) is 15.8. The highest BCUT2D eigenvalue weighted by molar-refractivity contribution is 6.87. The summed E-state index contributed by atoms with van der Waals surface area (Å²) in [5, 5.41) is 0. The average molecular weight is 619 g/mol. The average Bonchev–Trinajstić information content (AvgIpc) is 2.88. The number of hydrogen-bond donors (Lipinski definition) is 0. The highest BCUT2D eigenvalue weighted by Gasteiger charge is 2.37. The summed E-state index contributed by atoms with van der Waals surface area (Å²) in [5.74, 6) is 0.917. The fourth-order valence-corrected chi connectivity index (χ4v) is 18.4. The quantitative estimate of drug-likeness (QED) is 0.0966. The number of rotatable bonds is 22. The Hall–Kier alpha value is -1.53. The van der Waals surface area contributed by atoms with Crippen LogP contribution in [0, 0.1) is 0 Å². The number of aromatic nitrogens is 2. The molecule has 0 unspecified atom stereocenters. The summed E-state index contributed by atoms with van der Waals surface area (Å²) in [6.07, 6.45) is 17.4. The van der Waals surface area contributed by atoms with Crippen LogP contribution in [-0.2, 0) is 8.23 Å². The van der Waals surface area contributed by atoms with Gasteiger partial charge in [0.15, 0.2) is 16.6 Å². The van der Waals surface area contributed by atoms with Gasteiger partial charge < -0.3 is 17.7 Å². The minimum absolute atomic E-state index is 0.443. The molecule has 1 aromatic carbocycles. The summed E-state index contributed by atoms with van der Waals surface area (Å²) in [5.41, 5.74) is 2.06. The molecule has 1 heterocycles. The van der Waals surface area contributed by atoms with Crippen LogP contribution >= 0.6 is 0 Å². The van der Waals surface area contributed by atoms with Gasteiger partial charge in [-0.1, -0.05) is 76.8 Å². The largest absolute Gasteiger partial charge is 0.494 e. The van der Waals surface area contributed by atoms with Crippen molar-refractivity contribution in [1.82, 2.24) is 9.97 Å². The minimum Gasteiger partial charge on any atom is -0.494 e. The fraction of sp³-hybridized carbons (Fsp3) is 0.688. The van der Waals surface area contributed by atoms with Gasteiger partial charge in [-0.15, -0.1) is 0 Å². The smallest absolute Gasteiger partial charge is 0.316 e. The van der Waals surface area contributed by atoms with Gasteiger partial charge in [-0.3, -0.25) is 0 Å². The Morgan fingerprint density at radius 1 is 0.585 bits per heavy atom. The van der Waals surface area contributed by atoms with Gasteiger partial charge in [-0.25, -0.2) is 9.97 Å². The van der Waals surface area contributed by atoms with Crippen LogP contribution in [0.3, 0.4) is 0 Å². The van der Waals surface area contributed by atoms with Crippen LogP contribution in [0.25, 0.3) is 11.1 Å². The molecule has 9 heteroatoms. The first-order chi connectivity index (χ1) is 19.4. The summed E-state index contributed by atoms with van der Waals surface area (Å²) in [6, 6.07) is 9.87. The van der Waals surface area contributed by atoms with E-state index in [0.29, 0.717) is 12.6 Å². The van der Waals surface area contributed by atoms with Crippen LogP contribution < -0.4 is 9.47 Å². The molecular weight excluding hydrogens is 561 g/mol. The summed E-state index contributed by atoms with van der Waals surface area (Å²) >= 11 is 0. The van der Waals surface area contributed by atoms with Gasteiger partial charge in [0.2, 0.25) is 0 Å². The van der Waals surface area contributed by atoms with Crippen molar-refractivity contribution in [3.05, 3.63) is 36.7 Å². The molecule has 0 aliphatic heterocycles. The van der Waals surface area contributed by atoms with E-state index in [1.54, 1.807) is 0 Å². The summed E-state index contributed by atoms with van der Waals surface area (Å²) in [7, 11) is -5.20. The molecule has 0 N–H and O–H groups in total. The number of benzene rings is 1. The minimum atomic E-state index is -2.01. The summed E-state index contributed by atoms with van der Waals surface area (Å²) in [4.78, 5) is 8.63. The molecule has 0 radical (unpaired) electrons. The first-order valence-corrected chi connectivity index (χ1v) is 25.3. The predicted molar refractivity (Wildman–Crippen MR) is 180 cm³/mol. The van der Waals surface area contributed by atoms with Gasteiger partial charge >= 0.3 is 14.6 Å². The molecule has 2 aromatic rings. The Labute approximate surface area is 254 Å². The molecule has 41 heavy (non-hydrogen) atoms. The molecule has 2 rings (SSSR count). The molecule has 1 aromatic heterocycles. The van der Waals surface area contributed by atoms with Crippen LogP contribution in [0.1, 0.15) is 77.6 Å². The molecule has 232 valence electrons. The van der Waals surface area contributed by atoms with E-state index in [1.807, 2.05) is 24.5 Å². The van der Waals surface area contributed by atoms with Crippen LogP contribution in [0.2, 0.25) is 51.9 Å². The zero-order valence-corrected chi connectivity index (χ0v) is 30.4. The second-order valence-corrected chi connectivity index (χ2v) is 25.9. The van der Waals surface area contributed by atoms with Crippen LogP contribution in [0.5, 0.6) is 11.8 Å². The topological polar surface area (TPSA) is 62.7 Å². The predicted octanol–water partition coefficient (Wildman–Crippen LogP) is 9.99. The Morgan fingerprint density at radius 3 is 1.68 bits per heavy atom. The standard InChI is InChI=1S/C32H58N2O4Si3/c1-9-10-24-36-32-33-27-30(28-34-32)29-20-22-31(23-21-29)35-25-18-16-14-12-11-13-15-17-19-26-40(5,6)38-41(7,8)37-39(2,3)4/h20-23,27-28H,9-19,24-26H2,1-8H3. The molecule has 0 spiro atoms. The first kappa shape index (κ1) is 35.7. The van der Waals surface area contributed by atoms with E-state index in [1.165, 1.54) is 57.4 Å². The molecule has 0 fully saturated rings. The maximum absolute atomic E-state index is 6.63. The molecule has 0 aliphatic rings.